The van der Waals surface area contributed by atoms with E-state index >= 15 is 0 Å². The highest BCUT2D eigenvalue weighted by atomic mass is 32.2. The molecule has 0 atom stereocenters. The highest BCUT2D eigenvalue weighted by Crippen LogP contribution is 2.17. The van der Waals surface area contributed by atoms with Crippen LogP contribution in [0.25, 0.3) is 5.65 Å². The van der Waals surface area contributed by atoms with E-state index in [1.54, 1.807) is 11.8 Å². The van der Waals surface area contributed by atoms with Crippen LogP contribution < -0.4 is 4.90 Å². The fourth-order valence-corrected chi connectivity index (χ4v) is 2.34. The SMILES string of the molecule is CC.CC.CSc1ccc(CN(C)c2ccc3nnnn3n2)cc1. The molecular formula is C17H26N6S. The minimum Gasteiger partial charge on any atom is -0.354 e. The zero-order valence-corrected chi connectivity index (χ0v) is 16.1. The van der Waals surface area contributed by atoms with Crippen LogP contribution in [0.4, 0.5) is 5.82 Å². The zero-order valence-electron chi connectivity index (χ0n) is 15.3. The molecule has 3 aromatic rings. The predicted molar refractivity (Wildman–Crippen MR) is 102 cm³/mol. The second-order valence-electron chi connectivity index (χ2n) is 4.42. The minimum atomic E-state index is 0.645. The molecule has 0 aliphatic rings. The highest BCUT2D eigenvalue weighted by molar-refractivity contribution is 7.98. The summed E-state index contributed by atoms with van der Waals surface area (Å²) in [7, 11) is 2.00. The molecular weight excluding hydrogens is 320 g/mol. The van der Waals surface area contributed by atoms with Crippen LogP contribution in [0.3, 0.4) is 0 Å². The van der Waals surface area contributed by atoms with Gasteiger partial charge in [0.15, 0.2) is 11.5 Å². The van der Waals surface area contributed by atoms with Crippen LogP contribution in [0.15, 0.2) is 41.3 Å². The fourth-order valence-electron chi connectivity index (χ4n) is 1.93. The van der Waals surface area contributed by atoms with Crippen LogP contribution in [0.1, 0.15) is 33.3 Å². The molecule has 0 radical (unpaired) electrons. The van der Waals surface area contributed by atoms with Crippen LogP contribution in [-0.4, -0.2) is 38.6 Å². The molecule has 0 aliphatic carbocycles. The Morgan fingerprint density at radius 3 is 2.29 bits per heavy atom. The molecule has 0 amide bonds. The number of tetrazole rings is 1. The number of benzene rings is 1. The maximum Gasteiger partial charge on any atom is 0.200 e. The lowest BCUT2D eigenvalue weighted by Gasteiger charge is -2.17. The summed E-state index contributed by atoms with van der Waals surface area (Å²) < 4.78 is 1.43. The molecule has 0 unspecified atom stereocenters. The molecule has 0 aliphatic heterocycles. The molecule has 6 nitrogen and oxygen atoms in total. The first-order valence-electron chi connectivity index (χ1n) is 8.16. The Kier molecular flexibility index (Phi) is 8.78. The number of hydrogen-bond acceptors (Lipinski definition) is 6. The van der Waals surface area contributed by atoms with Crippen molar-refractivity contribution in [2.24, 2.45) is 0 Å². The number of rotatable bonds is 4. The number of anilines is 1. The van der Waals surface area contributed by atoms with Gasteiger partial charge in [-0.3, -0.25) is 0 Å². The van der Waals surface area contributed by atoms with E-state index < -0.39 is 0 Å². The molecule has 7 heteroatoms. The quantitative estimate of drug-likeness (QED) is 0.667. The summed E-state index contributed by atoms with van der Waals surface area (Å²) in [5.74, 6) is 0.832. The summed E-state index contributed by atoms with van der Waals surface area (Å²) in [6, 6.07) is 12.3. The molecule has 0 saturated carbocycles. The summed E-state index contributed by atoms with van der Waals surface area (Å²) in [5, 5.41) is 15.6. The van der Waals surface area contributed by atoms with E-state index in [1.165, 1.54) is 15.1 Å². The summed E-state index contributed by atoms with van der Waals surface area (Å²) in [4.78, 5) is 3.33. The van der Waals surface area contributed by atoms with E-state index in [9.17, 15) is 0 Å². The number of thioether (sulfide) groups is 1. The van der Waals surface area contributed by atoms with Crippen molar-refractivity contribution in [3.63, 3.8) is 0 Å². The van der Waals surface area contributed by atoms with E-state index in [4.69, 9.17) is 0 Å². The monoisotopic (exact) mass is 346 g/mol. The smallest absolute Gasteiger partial charge is 0.200 e. The maximum absolute atomic E-state index is 4.37. The van der Waals surface area contributed by atoms with Crippen molar-refractivity contribution in [3.8, 4) is 0 Å². The Hall–Kier alpha value is -2.15. The van der Waals surface area contributed by atoms with Gasteiger partial charge < -0.3 is 4.90 Å². The van der Waals surface area contributed by atoms with E-state index in [-0.39, 0.29) is 0 Å². The van der Waals surface area contributed by atoms with Gasteiger partial charge in [0.1, 0.15) is 0 Å². The molecule has 2 aromatic heterocycles. The van der Waals surface area contributed by atoms with Gasteiger partial charge in [-0.25, -0.2) is 0 Å². The van der Waals surface area contributed by atoms with Crippen LogP contribution in [0.5, 0.6) is 0 Å². The van der Waals surface area contributed by atoms with Gasteiger partial charge in [-0.2, -0.15) is 0 Å². The topological polar surface area (TPSA) is 59.2 Å². The molecule has 3 rings (SSSR count). The maximum atomic E-state index is 4.37. The number of hydrogen-bond donors (Lipinski definition) is 0. The van der Waals surface area contributed by atoms with E-state index in [1.807, 2.05) is 46.9 Å². The number of aromatic nitrogens is 5. The van der Waals surface area contributed by atoms with Gasteiger partial charge in [-0.15, -0.1) is 26.6 Å². The van der Waals surface area contributed by atoms with Gasteiger partial charge >= 0.3 is 0 Å². The molecule has 0 N–H and O–H groups in total. The zero-order chi connectivity index (χ0) is 17.9. The Morgan fingerprint density at radius 1 is 1.00 bits per heavy atom. The molecule has 0 bridgehead atoms. The third kappa shape index (κ3) is 5.19. The van der Waals surface area contributed by atoms with Gasteiger partial charge in [0.2, 0.25) is 0 Å². The van der Waals surface area contributed by atoms with Crippen molar-refractivity contribution in [1.29, 1.82) is 0 Å². The van der Waals surface area contributed by atoms with Gasteiger partial charge in [-0.1, -0.05) is 39.8 Å². The lowest BCUT2D eigenvalue weighted by Crippen LogP contribution is -2.18. The van der Waals surface area contributed by atoms with Crippen molar-refractivity contribution in [3.05, 3.63) is 42.0 Å². The van der Waals surface area contributed by atoms with Gasteiger partial charge in [0.25, 0.3) is 0 Å². The van der Waals surface area contributed by atoms with Crippen LogP contribution >= 0.6 is 11.8 Å². The summed E-state index contributed by atoms with van der Waals surface area (Å²) in [6.07, 6.45) is 2.08. The van der Waals surface area contributed by atoms with Gasteiger partial charge in [0.05, 0.1) is 0 Å². The normalized spacial score (nSPS) is 9.58. The van der Waals surface area contributed by atoms with E-state index in [2.05, 4.69) is 56.0 Å². The first-order valence-corrected chi connectivity index (χ1v) is 9.38. The Bertz CT molecular complexity index is 710. The molecule has 0 fully saturated rings. The van der Waals surface area contributed by atoms with E-state index in [0.29, 0.717) is 5.65 Å². The summed E-state index contributed by atoms with van der Waals surface area (Å²) >= 11 is 1.74. The molecule has 1 aromatic carbocycles. The first-order chi connectivity index (χ1) is 11.8. The van der Waals surface area contributed by atoms with Crippen LogP contribution in [0, 0.1) is 0 Å². The Morgan fingerprint density at radius 2 is 1.67 bits per heavy atom. The summed E-state index contributed by atoms with van der Waals surface area (Å²) in [6.45, 7) is 8.79. The third-order valence-corrected chi connectivity index (χ3v) is 3.77. The van der Waals surface area contributed by atoms with Crippen molar-refractivity contribution < 1.29 is 0 Å². The van der Waals surface area contributed by atoms with Crippen molar-refractivity contribution in [1.82, 2.24) is 25.3 Å². The molecule has 0 spiro atoms. The molecule has 0 saturated heterocycles. The van der Waals surface area contributed by atoms with Gasteiger partial charge in [0, 0.05) is 18.5 Å². The number of fused-ring (bicyclic) bond motifs is 1. The molecule has 130 valence electrons. The van der Waals surface area contributed by atoms with Crippen LogP contribution in [-0.2, 0) is 6.54 Å². The standard InChI is InChI=1S/C13H14N6S.2C2H6/c1-18(9-10-3-5-11(20-2)6-4-10)13-8-7-12-14-16-17-19(12)15-13;2*1-2/h3-8H,9H2,1-2H3;2*1-2H3. The van der Waals surface area contributed by atoms with Gasteiger partial charge in [-0.05, 0) is 46.5 Å². The first kappa shape index (κ1) is 19.9. The largest absolute Gasteiger partial charge is 0.354 e. The average molecular weight is 347 g/mol. The predicted octanol–water partition coefficient (Wildman–Crippen LogP) is 3.93. The Balaban J connectivity index is 0.000000671. The number of nitrogens with zero attached hydrogens (tertiary/aromatic N) is 6. The second-order valence-corrected chi connectivity index (χ2v) is 5.30. The van der Waals surface area contributed by atoms with E-state index in [0.717, 1.165) is 12.4 Å². The van der Waals surface area contributed by atoms with Crippen molar-refractivity contribution in [2.75, 3.05) is 18.2 Å². The molecule has 2 heterocycles. The van der Waals surface area contributed by atoms with Crippen LogP contribution in [0.2, 0.25) is 0 Å². The second kappa shape index (κ2) is 10.6. The average Bonchev–Trinajstić information content (AvgIpc) is 3.13. The minimum absolute atomic E-state index is 0.645. The highest BCUT2D eigenvalue weighted by Gasteiger charge is 2.06. The van der Waals surface area contributed by atoms with Crippen molar-refractivity contribution in [2.45, 2.75) is 39.1 Å². The lowest BCUT2D eigenvalue weighted by molar-refractivity contribution is 0.720. The fraction of sp³-hybridized carbons (Fsp3) is 0.412. The summed E-state index contributed by atoms with van der Waals surface area (Å²) in [5.41, 5.74) is 1.88. The lowest BCUT2D eigenvalue weighted by atomic mass is 10.2. The van der Waals surface area contributed by atoms with Crippen molar-refractivity contribution >= 4 is 23.2 Å². The third-order valence-electron chi connectivity index (χ3n) is 3.03. The molecule has 24 heavy (non-hydrogen) atoms. The Labute approximate surface area is 148 Å².